The van der Waals surface area contributed by atoms with Crippen LogP contribution in [0.5, 0.6) is 0 Å². The first-order valence-corrected chi connectivity index (χ1v) is 4.41. The lowest BCUT2D eigenvalue weighted by Crippen LogP contribution is -2.14. The average molecular weight is 188 g/mol. The van der Waals surface area contributed by atoms with E-state index >= 15 is 0 Å². The summed E-state index contributed by atoms with van der Waals surface area (Å²) in [6.45, 7) is 2.37. The molecule has 1 rings (SSSR count). The van der Waals surface area contributed by atoms with E-state index in [2.05, 4.69) is 4.74 Å². The lowest BCUT2D eigenvalue weighted by molar-refractivity contribution is -0.142. The molecule has 1 aliphatic rings. The summed E-state index contributed by atoms with van der Waals surface area (Å²) in [6.07, 6.45) is 1.39. The second kappa shape index (κ2) is 4.07. The van der Waals surface area contributed by atoms with Crippen LogP contribution in [0.2, 0.25) is 0 Å². The van der Waals surface area contributed by atoms with E-state index in [0.717, 1.165) is 6.42 Å². The second-order valence-electron chi connectivity index (χ2n) is 3.69. The normalized spacial score (nSPS) is 31.5. The van der Waals surface area contributed by atoms with Crippen LogP contribution in [0.4, 0.5) is 0 Å². The first kappa shape index (κ1) is 10.5. The van der Waals surface area contributed by atoms with E-state index in [0.29, 0.717) is 13.0 Å². The Hall–Kier alpha value is -0.610. The number of aliphatic hydroxyl groups is 1. The largest absolute Gasteiger partial charge is 0.469 e. The molecule has 4 heteroatoms. The molecule has 0 aromatic rings. The maximum Gasteiger partial charge on any atom is 0.306 e. The SMILES string of the molecule is COC(=O)CC1(C)CC1OCCO. The molecule has 0 aromatic heterocycles. The zero-order valence-electron chi connectivity index (χ0n) is 8.08. The van der Waals surface area contributed by atoms with Crippen LogP contribution in [0.25, 0.3) is 0 Å². The van der Waals surface area contributed by atoms with E-state index in [1.807, 2.05) is 6.92 Å². The van der Waals surface area contributed by atoms with E-state index < -0.39 is 0 Å². The molecule has 2 unspecified atom stereocenters. The number of hydrogen-bond donors (Lipinski definition) is 1. The van der Waals surface area contributed by atoms with Crippen molar-refractivity contribution in [3.8, 4) is 0 Å². The van der Waals surface area contributed by atoms with Gasteiger partial charge in [-0.3, -0.25) is 4.79 Å². The molecule has 1 saturated carbocycles. The number of carbonyl (C=O) groups excluding carboxylic acids is 1. The minimum Gasteiger partial charge on any atom is -0.469 e. The average Bonchev–Trinajstić information content (AvgIpc) is 2.73. The fourth-order valence-corrected chi connectivity index (χ4v) is 1.41. The third-order valence-electron chi connectivity index (χ3n) is 2.46. The van der Waals surface area contributed by atoms with E-state index in [1.165, 1.54) is 7.11 Å². The third kappa shape index (κ3) is 2.67. The Morgan fingerprint density at radius 3 is 2.92 bits per heavy atom. The Labute approximate surface area is 77.8 Å². The number of hydrogen-bond acceptors (Lipinski definition) is 4. The van der Waals surface area contributed by atoms with Crippen LogP contribution in [-0.2, 0) is 14.3 Å². The molecule has 0 bridgehead atoms. The number of ether oxygens (including phenoxy) is 2. The molecule has 4 nitrogen and oxygen atoms in total. The maximum atomic E-state index is 11.0. The number of aliphatic hydroxyl groups excluding tert-OH is 1. The van der Waals surface area contributed by atoms with Crippen molar-refractivity contribution < 1.29 is 19.4 Å². The standard InChI is InChI=1S/C9H16O4/c1-9(6-8(11)12-2)5-7(9)13-4-3-10/h7,10H,3-6H2,1-2H3. The molecule has 1 fully saturated rings. The minimum atomic E-state index is -0.197. The van der Waals surface area contributed by atoms with Gasteiger partial charge in [-0.2, -0.15) is 0 Å². The van der Waals surface area contributed by atoms with Gasteiger partial charge < -0.3 is 14.6 Å². The van der Waals surface area contributed by atoms with Gasteiger partial charge in [0.15, 0.2) is 0 Å². The van der Waals surface area contributed by atoms with Gasteiger partial charge in [0.1, 0.15) is 0 Å². The summed E-state index contributed by atoms with van der Waals surface area (Å²) >= 11 is 0. The molecule has 0 radical (unpaired) electrons. The van der Waals surface area contributed by atoms with Gasteiger partial charge in [-0.1, -0.05) is 6.92 Å². The zero-order chi connectivity index (χ0) is 9.90. The lowest BCUT2D eigenvalue weighted by atomic mass is 10.1. The van der Waals surface area contributed by atoms with Gasteiger partial charge in [0, 0.05) is 5.41 Å². The highest BCUT2D eigenvalue weighted by Gasteiger charge is 2.52. The van der Waals surface area contributed by atoms with Crippen molar-refractivity contribution in [1.29, 1.82) is 0 Å². The van der Waals surface area contributed by atoms with Crippen molar-refractivity contribution in [2.45, 2.75) is 25.9 Å². The number of rotatable bonds is 5. The van der Waals surface area contributed by atoms with Gasteiger partial charge in [-0.25, -0.2) is 0 Å². The molecule has 0 heterocycles. The zero-order valence-corrected chi connectivity index (χ0v) is 8.08. The van der Waals surface area contributed by atoms with Gasteiger partial charge in [0.05, 0.1) is 32.8 Å². The molecule has 1 N–H and O–H groups in total. The summed E-state index contributed by atoms with van der Waals surface area (Å²) in [5.74, 6) is -0.197. The molecule has 0 saturated heterocycles. The highest BCUT2D eigenvalue weighted by atomic mass is 16.5. The third-order valence-corrected chi connectivity index (χ3v) is 2.46. The molecule has 0 aliphatic heterocycles. The van der Waals surface area contributed by atoms with Gasteiger partial charge in [-0.05, 0) is 6.42 Å². The maximum absolute atomic E-state index is 11.0. The highest BCUT2D eigenvalue weighted by molar-refractivity contribution is 5.70. The fraction of sp³-hybridized carbons (Fsp3) is 0.889. The predicted molar refractivity (Wildman–Crippen MR) is 46.2 cm³/mol. The van der Waals surface area contributed by atoms with Crippen LogP contribution >= 0.6 is 0 Å². The Morgan fingerprint density at radius 1 is 1.69 bits per heavy atom. The molecule has 76 valence electrons. The summed E-state index contributed by atoms with van der Waals surface area (Å²) < 4.78 is 9.88. The molecule has 2 atom stereocenters. The Morgan fingerprint density at radius 2 is 2.38 bits per heavy atom. The summed E-state index contributed by atoms with van der Waals surface area (Å²) in [7, 11) is 1.39. The van der Waals surface area contributed by atoms with Gasteiger partial charge in [0.2, 0.25) is 0 Å². The van der Waals surface area contributed by atoms with Crippen molar-refractivity contribution in [2.24, 2.45) is 5.41 Å². The number of methoxy groups -OCH3 is 1. The van der Waals surface area contributed by atoms with Crippen LogP contribution in [0, 0.1) is 5.41 Å². The molecule has 0 aromatic carbocycles. The molecule has 13 heavy (non-hydrogen) atoms. The van der Waals surface area contributed by atoms with Gasteiger partial charge >= 0.3 is 5.97 Å². The second-order valence-corrected chi connectivity index (χ2v) is 3.69. The summed E-state index contributed by atoms with van der Waals surface area (Å²) in [5.41, 5.74) is -0.0672. The first-order chi connectivity index (χ1) is 6.12. The van der Waals surface area contributed by atoms with E-state index in [-0.39, 0.29) is 24.1 Å². The first-order valence-electron chi connectivity index (χ1n) is 4.41. The fourth-order valence-electron chi connectivity index (χ4n) is 1.41. The van der Waals surface area contributed by atoms with Crippen molar-refractivity contribution in [2.75, 3.05) is 20.3 Å². The molecule has 0 spiro atoms. The Bertz CT molecular complexity index is 192. The number of esters is 1. The Kier molecular flexibility index (Phi) is 3.27. The molecular weight excluding hydrogens is 172 g/mol. The van der Waals surface area contributed by atoms with E-state index in [4.69, 9.17) is 9.84 Å². The van der Waals surface area contributed by atoms with Crippen LogP contribution in [-0.4, -0.2) is 37.5 Å². The Balaban J connectivity index is 2.24. The highest BCUT2D eigenvalue weighted by Crippen LogP contribution is 2.50. The smallest absolute Gasteiger partial charge is 0.306 e. The van der Waals surface area contributed by atoms with Crippen molar-refractivity contribution in [3.63, 3.8) is 0 Å². The van der Waals surface area contributed by atoms with Gasteiger partial charge in [-0.15, -0.1) is 0 Å². The van der Waals surface area contributed by atoms with Crippen LogP contribution < -0.4 is 0 Å². The summed E-state index contributed by atoms with van der Waals surface area (Å²) in [6, 6.07) is 0. The number of carbonyl (C=O) groups is 1. The van der Waals surface area contributed by atoms with Gasteiger partial charge in [0.25, 0.3) is 0 Å². The van der Waals surface area contributed by atoms with Crippen LogP contribution in [0.15, 0.2) is 0 Å². The summed E-state index contributed by atoms with van der Waals surface area (Å²) in [5, 5.41) is 8.52. The van der Waals surface area contributed by atoms with E-state index in [1.54, 1.807) is 0 Å². The van der Waals surface area contributed by atoms with Crippen molar-refractivity contribution in [1.82, 2.24) is 0 Å². The minimum absolute atomic E-state index is 0.0325. The quantitative estimate of drug-likeness (QED) is 0.632. The summed E-state index contributed by atoms with van der Waals surface area (Å²) in [4.78, 5) is 11.0. The molecule has 0 amide bonds. The lowest BCUT2D eigenvalue weighted by Gasteiger charge is -2.09. The van der Waals surface area contributed by atoms with Crippen molar-refractivity contribution in [3.05, 3.63) is 0 Å². The molecule has 1 aliphatic carbocycles. The predicted octanol–water partition coefficient (Wildman–Crippen LogP) is 0.337. The van der Waals surface area contributed by atoms with Crippen LogP contribution in [0.3, 0.4) is 0 Å². The van der Waals surface area contributed by atoms with E-state index in [9.17, 15) is 4.79 Å². The van der Waals surface area contributed by atoms with Crippen molar-refractivity contribution >= 4 is 5.97 Å². The molecular formula is C9H16O4. The van der Waals surface area contributed by atoms with Crippen LogP contribution in [0.1, 0.15) is 19.8 Å². The monoisotopic (exact) mass is 188 g/mol. The topological polar surface area (TPSA) is 55.8 Å².